The minimum absolute atomic E-state index is 0.238. The zero-order valence-corrected chi connectivity index (χ0v) is 12.0. The third-order valence-electron chi connectivity index (χ3n) is 3.95. The Morgan fingerprint density at radius 1 is 1.37 bits per heavy atom. The van der Waals surface area contributed by atoms with Gasteiger partial charge in [0.2, 0.25) is 0 Å². The molecule has 1 aliphatic rings. The maximum Gasteiger partial charge on any atom is 0.0486 e. The van der Waals surface area contributed by atoms with Gasteiger partial charge in [-0.2, -0.15) is 0 Å². The first-order valence-electron chi connectivity index (χ1n) is 6.79. The fraction of sp³-hybridized carbons (Fsp3) is 0.467. The molecule has 1 aliphatic heterocycles. The highest BCUT2D eigenvalue weighted by molar-refractivity contribution is 6.31. The Bertz CT molecular complexity index is 606. The average molecular weight is 279 g/mol. The Morgan fingerprint density at radius 3 is 3.00 bits per heavy atom. The quantitative estimate of drug-likeness (QED) is 0.935. The van der Waals surface area contributed by atoms with Crippen molar-refractivity contribution in [1.82, 2.24) is 9.47 Å². The molecule has 19 heavy (non-hydrogen) atoms. The van der Waals surface area contributed by atoms with Gasteiger partial charge >= 0.3 is 0 Å². The maximum atomic E-state index is 9.08. The summed E-state index contributed by atoms with van der Waals surface area (Å²) in [6.07, 6.45) is 1.87. The molecule has 0 saturated heterocycles. The molecule has 0 unspecified atom stereocenters. The van der Waals surface area contributed by atoms with Gasteiger partial charge in [0.25, 0.3) is 0 Å². The molecular formula is C15H19ClN2O. The summed E-state index contributed by atoms with van der Waals surface area (Å²) < 4.78 is 2.37. The molecule has 0 atom stereocenters. The maximum absolute atomic E-state index is 9.08. The van der Waals surface area contributed by atoms with Crippen LogP contribution in [0.3, 0.4) is 0 Å². The number of halogens is 1. The van der Waals surface area contributed by atoms with E-state index < -0.39 is 0 Å². The van der Waals surface area contributed by atoms with Crippen LogP contribution in [0.2, 0.25) is 5.02 Å². The largest absolute Gasteiger partial charge is 0.396 e. The van der Waals surface area contributed by atoms with Crippen LogP contribution in [0.25, 0.3) is 10.9 Å². The number of aromatic nitrogens is 1. The van der Waals surface area contributed by atoms with Crippen molar-refractivity contribution < 1.29 is 5.11 Å². The first kappa shape index (κ1) is 13.0. The molecule has 2 heterocycles. The zero-order chi connectivity index (χ0) is 13.4. The molecule has 1 aromatic carbocycles. The Hall–Kier alpha value is -1.03. The Kier molecular flexibility index (Phi) is 3.52. The van der Waals surface area contributed by atoms with E-state index in [1.807, 2.05) is 6.07 Å². The SMILES string of the molecule is CN1CCc2c(c3cc(Cl)ccc3n2CCCO)C1. The number of aryl methyl sites for hydroxylation is 1. The van der Waals surface area contributed by atoms with E-state index >= 15 is 0 Å². The normalized spacial score (nSPS) is 15.9. The number of aliphatic hydroxyl groups is 1. The summed E-state index contributed by atoms with van der Waals surface area (Å²) in [4.78, 5) is 2.35. The third-order valence-corrected chi connectivity index (χ3v) is 4.18. The lowest BCUT2D eigenvalue weighted by molar-refractivity contribution is 0.277. The number of fused-ring (bicyclic) bond motifs is 3. The van der Waals surface area contributed by atoms with Gasteiger partial charge in [-0.1, -0.05) is 11.6 Å². The number of nitrogens with zero attached hydrogens (tertiary/aromatic N) is 2. The van der Waals surface area contributed by atoms with E-state index in [-0.39, 0.29) is 6.61 Å². The Balaban J connectivity index is 2.18. The number of hydrogen-bond donors (Lipinski definition) is 1. The van der Waals surface area contributed by atoms with Crippen LogP contribution in [-0.4, -0.2) is 34.8 Å². The van der Waals surface area contributed by atoms with E-state index in [9.17, 15) is 0 Å². The molecule has 0 amide bonds. The van der Waals surface area contributed by atoms with Gasteiger partial charge in [-0.3, -0.25) is 0 Å². The van der Waals surface area contributed by atoms with Gasteiger partial charge in [-0.25, -0.2) is 0 Å². The van der Waals surface area contributed by atoms with Crippen LogP contribution in [-0.2, 0) is 19.5 Å². The summed E-state index contributed by atoms with van der Waals surface area (Å²) in [5, 5.41) is 11.1. The van der Waals surface area contributed by atoms with Crippen molar-refractivity contribution >= 4 is 22.5 Å². The van der Waals surface area contributed by atoms with E-state index in [4.69, 9.17) is 16.7 Å². The monoisotopic (exact) mass is 278 g/mol. The standard InChI is InChI=1S/C15H19ClN2O/c1-17-7-5-15-13(10-17)12-9-11(16)3-4-14(12)18(15)6-2-8-19/h3-4,9,19H,2,5-8,10H2,1H3. The lowest BCUT2D eigenvalue weighted by atomic mass is 10.1. The van der Waals surface area contributed by atoms with Crippen molar-refractivity contribution in [3.8, 4) is 0 Å². The molecule has 2 aromatic rings. The van der Waals surface area contributed by atoms with Crippen LogP contribution in [0.4, 0.5) is 0 Å². The summed E-state index contributed by atoms with van der Waals surface area (Å²) in [6.45, 7) is 3.20. The summed E-state index contributed by atoms with van der Waals surface area (Å²) in [6, 6.07) is 6.13. The molecule has 0 radical (unpaired) electrons. The highest BCUT2D eigenvalue weighted by Crippen LogP contribution is 2.32. The summed E-state index contributed by atoms with van der Waals surface area (Å²) in [5.74, 6) is 0. The van der Waals surface area contributed by atoms with Gasteiger partial charge in [0.05, 0.1) is 0 Å². The van der Waals surface area contributed by atoms with E-state index in [2.05, 4.69) is 28.6 Å². The number of likely N-dealkylation sites (N-methyl/N-ethyl adjacent to an activating group) is 1. The van der Waals surface area contributed by atoms with E-state index in [0.717, 1.165) is 37.5 Å². The molecule has 0 spiro atoms. The molecular weight excluding hydrogens is 260 g/mol. The van der Waals surface area contributed by atoms with Crippen LogP contribution < -0.4 is 0 Å². The molecule has 102 valence electrons. The minimum Gasteiger partial charge on any atom is -0.396 e. The zero-order valence-electron chi connectivity index (χ0n) is 11.2. The van der Waals surface area contributed by atoms with Crippen molar-refractivity contribution in [2.24, 2.45) is 0 Å². The van der Waals surface area contributed by atoms with Crippen molar-refractivity contribution in [3.05, 3.63) is 34.5 Å². The highest BCUT2D eigenvalue weighted by Gasteiger charge is 2.22. The smallest absolute Gasteiger partial charge is 0.0486 e. The minimum atomic E-state index is 0.238. The molecule has 4 heteroatoms. The topological polar surface area (TPSA) is 28.4 Å². The molecule has 3 nitrogen and oxygen atoms in total. The van der Waals surface area contributed by atoms with Crippen LogP contribution >= 0.6 is 11.6 Å². The van der Waals surface area contributed by atoms with E-state index in [1.165, 1.54) is 22.2 Å². The summed E-state index contributed by atoms with van der Waals surface area (Å²) in [7, 11) is 2.16. The van der Waals surface area contributed by atoms with Crippen LogP contribution in [0, 0.1) is 0 Å². The highest BCUT2D eigenvalue weighted by atomic mass is 35.5. The van der Waals surface area contributed by atoms with Gasteiger partial charge in [0.15, 0.2) is 0 Å². The molecule has 3 rings (SSSR count). The van der Waals surface area contributed by atoms with Gasteiger partial charge in [-0.05, 0) is 37.2 Å². The summed E-state index contributed by atoms with van der Waals surface area (Å²) in [5.41, 5.74) is 4.08. The fourth-order valence-electron chi connectivity index (χ4n) is 3.04. The predicted octanol–water partition coefficient (Wildman–Crippen LogP) is 2.67. The van der Waals surface area contributed by atoms with Gasteiger partial charge < -0.3 is 14.6 Å². The first-order valence-corrected chi connectivity index (χ1v) is 7.17. The average Bonchev–Trinajstić information content (AvgIpc) is 2.69. The summed E-state index contributed by atoms with van der Waals surface area (Å²) >= 11 is 6.15. The van der Waals surface area contributed by atoms with Gasteiger partial charge in [0, 0.05) is 54.3 Å². The number of rotatable bonds is 3. The van der Waals surface area contributed by atoms with E-state index in [1.54, 1.807) is 0 Å². The fourth-order valence-corrected chi connectivity index (χ4v) is 3.21. The second kappa shape index (κ2) is 5.16. The van der Waals surface area contributed by atoms with Crippen molar-refractivity contribution in [2.75, 3.05) is 20.2 Å². The predicted molar refractivity (Wildman–Crippen MR) is 78.7 cm³/mol. The third kappa shape index (κ3) is 2.27. The van der Waals surface area contributed by atoms with Crippen molar-refractivity contribution in [3.63, 3.8) is 0 Å². The van der Waals surface area contributed by atoms with Crippen LogP contribution in [0.1, 0.15) is 17.7 Å². The van der Waals surface area contributed by atoms with E-state index in [0.29, 0.717) is 0 Å². The second-order valence-corrected chi connectivity index (χ2v) is 5.74. The molecule has 0 bridgehead atoms. The molecule has 0 fully saturated rings. The van der Waals surface area contributed by atoms with Gasteiger partial charge in [-0.15, -0.1) is 0 Å². The number of hydrogen-bond acceptors (Lipinski definition) is 2. The first-order chi connectivity index (χ1) is 9.20. The molecule has 0 aliphatic carbocycles. The molecule has 0 saturated carbocycles. The Morgan fingerprint density at radius 2 is 2.21 bits per heavy atom. The van der Waals surface area contributed by atoms with Crippen LogP contribution in [0.5, 0.6) is 0 Å². The van der Waals surface area contributed by atoms with Crippen molar-refractivity contribution in [2.45, 2.75) is 25.9 Å². The molecule has 1 aromatic heterocycles. The van der Waals surface area contributed by atoms with Gasteiger partial charge in [0.1, 0.15) is 0 Å². The lowest BCUT2D eigenvalue weighted by Crippen LogP contribution is -2.27. The lowest BCUT2D eigenvalue weighted by Gasteiger charge is -2.24. The van der Waals surface area contributed by atoms with Crippen LogP contribution in [0.15, 0.2) is 18.2 Å². The van der Waals surface area contributed by atoms with Crippen molar-refractivity contribution in [1.29, 1.82) is 0 Å². The number of benzene rings is 1. The molecule has 1 N–H and O–H groups in total. The number of aliphatic hydroxyl groups excluding tert-OH is 1. The second-order valence-electron chi connectivity index (χ2n) is 5.30. The Labute approximate surface area is 118 Å².